The van der Waals surface area contributed by atoms with Gasteiger partial charge in [0.1, 0.15) is 29.3 Å². The van der Waals surface area contributed by atoms with E-state index in [-0.39, 0.29) is 23.5 Å². The molecule has 1 fully saturated rings. The predicted octanol–water partition coefficient (Wildman–Crippen LogP) is 5.24. The molecule has 1 saturated heterocycles. The van der Waals surface area contributed by atoms with E-state index in [1.807, 2.05) is 0 Å². The molecule has 190 valence electrons. The lowest BCUT2D eigenvalue weighted by molar-refractivity contribution is -0.137. The summed E-state index contributed by atoms with van der Waals surface area (Å²) in [6.45, 7) is 4.69. The summed E-state index contributed by atoms with van der Waals surface area (Å²) in [7, 11) is 0. The van der Waals surface area contributed by atoms with Crippen molar-refractivity contribution >= 4 is 22.8 Å². The van der Waals surface area contributed by atoms with Crippen LogP contribution in [0.15, 0.2) is 67.5 Å². The van der Waals surface area contributed by atoms with Crippen LogP contribution in [0.25, 0.3) is 22.3 Å². The number of alkyl halides is 3. The van der Waals surface area contributed by atoms with Gasteiger partial charge < -0.3 is 15.4 Å². The molecule has 4 aromatic rings. The van der Waals surface area contributed by atoms with Crippen molar-refractivity contribution in [3.8, 4) is 22.8 Å². The van der Waals surface area contributed by atoms with E-state index < -0.39 is 11.7 Å². The quantitative estimate of drug-likeness (QED) is 0.371. The van der Waals surface area contributed by atoms with E-state index in [9.17, 15) is 18.0 Å². The van der Waals surface area contributed by atoms with Crippen molar-refractivity contribution in [2.45, 2.75) is 25.1 Å². The van der Waals surface area contributed by atoms with Gasteiger partial charge in [0.05, 0.1) is 17.0 Å². The number of carbonyl (C=O) groups excluding carboxylic acids is 1. The van der Waals surface area contributed by atoms with Gasteiger partial charge in [-0.1, -0.05) is 12.6 Å². The van der Waals surface area contributed by atoms with Gasteiger partial charge in [-0.05, 0) is 61.4 Å². The largest absolute Gasteiger partial charge is 0.457 e. The van der Waals surface area contributed by atoms with Crippen molar-refractivity contribution in [3.05, 3.63) is 73.1 Å². The third-order valence-electron chi connectivity index (χ3n) is 6.27. The van der Waals surface area contributed by atoms with E-state index in [0.29, 0.717) is 41.1 Å². The molecule has 0 aliphatic carbocycles. The van der Waals surface area contributed by atoms with Crippen LogP contribution >= 0.6 is 0 Å². The maximum absolute atomic E-state index is 13.0. The first kappa shape index (κ1) is 24.3. The van der Waals surface area contributed by atoms with Gasteiger partial charge in [0.2, 0.25) is 5.91 Å². The molecule has 0 radical (unpaired) electrons. The zero-order chi connectivity index (χ0) is 26.2. The number of rotatable bonds is 5. The summed E-state index contributed by atoms with van der Waals surface area (Å²) in [5.41, 5.74) is 7.26. The standard InChI is InChI=1S/C26H23F3N6O2/c1-2-21(36)34-12-4-6-18(14-34)35-25-22(24(30)31-15-32-25)23(33-35)16-8-10-19(11-9-16)37-20-7-3-5-17(13-20)26(27,28)29/h2-3,5,7-11,13,15,18H,1,4,6,12,14H2,(H2,30,31,32). The number of fused-ring (bicyclic) bond motifs is 1. The molecule has 2 aromatic heterocycles. The van der Waals surface area contributed by atoms with E-state index in [2.05, 4.69) is 16.5 Å². The number of anilines is 1. The van der Waals surface area contributed by atoms with Crippen LogP contribution < -0.4 is 10.5 Å². The molecular formula is C26H23F3N6O2. The Bertz CT molecular complexity index is 1470. The second-order valence-electron chi connectivity index (χ2n) is 8.69. The van der Waals surface area contributed by atoms with Crippen LogP contribution in [-0.2, 0) is 11.0 Å². The van der Waals surface area contributed by atoms with Crippen LogP contribution in [0.4, 0.5) is 19.0 Å². The molecule has 2 aromatic carbocycles. The number of nitrogens with two attached hydrogens (primary N) is 1. The van der Waals surface area contributed by atoms with Gasteiger partial charge in [0.15, 0.2) is 5.65 Å². The summed E-state index contributed by atoms with van der Waals surface area (Å²) >= 11 is 0. The number of amides is 1. The lowest BCUT2D eigenvalue weighted by Gasteiger charge is -2.32. The smallest absolute Gasteiger partial charge is 0.416 e. The first-order valence-electron chi connectivity index (χ1n) is 11.6. The van der Waals surface area contributed by atoms with Crippen molar-refractivity contribution in [3.63, 3.8) is 0 Å². The maximum atomic E-state index is 13.0. The number of hydrogen-bond acceptors (Lipinski definition) is 6. The Balaban J connectivity index is 1.46. The normalized spacial score (nSPS) is 16.1. The predicted molar refractivity (Wildman–Crippen MR) is 132 cm³/mol. The Morgan fingerprint density at radius 2 is 1.92 bits per heavy atom. The molecule has 1 unspecified atom stereocenters. The highest BCUT2D eigenvalue weighted by atomic mass is 19.4. The molecule has 37 heavy (non-hydrogen) atoms. The number of benzene rings is 2. The fourth-order valence-electron chi connectivity index (χ4n) is 4.49. The summed E-state index contributed by atoms with van der Waals surface area (Å²) in [4.78, 5) is 22.5. The number of carbonyl (C=O) groups is 1. The van der Waals surface area contributed by atoms with Gasteiger partial charge in [-0.3, -0.25) is 4.79 Å². The second-order valence-corrected chi connectivity index (χ2v) is 8.69. The average Bonchev–Trinajstić information content (AvgIpc) is 3.29. The first-order chi connectivity index (χ1) is 17.7. The third kappa shape index (κ3) is 4.84. The Kier molecular flexibility index (Phi) is 6.28. The SMILES string of the molecule is C=CC(=O)N1CCCC(n2nc(-c3ccc(Oc4cccc(C(F)(F)F)c4)cc3)c3c(N)ncnc32)C1. The molecular weight excluding hydrogens is 485 g/mol. The number of piperidine rings is 1. The topological polar surface area (TPSA) is 99.2 Å². The number of halogens is 3. The minimum absolute atomic E-state index is 0.0749. The Morgan fingerprint density at radius 1 is 1.14 bits per heavy atom. The molecule has 8 nitrogen and oxygen atoms in total. The number of hydrogen-bond donors (Lipinski definition) is 1. The molecule has 1 aliphatic rings. The summed E-state index contributed by atoms with van der Waals surface area (Å²) in [5, 5.41) is 5.40. The average molecular weight is 509 g/mol. The zero-order valence-corrected chi connectivity index (χ0v) is 19.7. The minimum atomic E-state index is -4.46. The molecule has 1 amide bonds. The molecule has 3 heterocycles. The van der Waals surface area contributed by atoms with Crippen molar-refractivity contribution in [2.24, 2.45) is 0 Å². The molecule has 1 atom stereocenters. The molecule has 0 saturated carbocycles. The summed E-state index contributed by atoms with van der Waals surface area (Å²) in [5.74, 6) is 0.574. The summed E-state index contributed by atoms with van der Waals surface area (Å²) < 4.78 is 46.5. The van der Waals surface area contributed by atoms with Crippen LogP contribution in [-0.4, -0.2) is 43.6 Å². The molecule has 5 rings (SSSR count). The zero-order valence-electron chi connectivity index (χ0n) is 19.7. The van der Waals surface area contributed by atoms with Crippen LogP contribution in [0, 0.1) is 0 Å². The second kappa shape index (κ2) is 9.57. The van der Waals surface area contributed by atoms with Crippen molar-refractivity contribution in [1.82, 2.24) is 24.6 Å². The Hall–Kier alpha value is -4.41. The summed E-state index contributed by atoms with van der Waals surface area (Å²) in [6.07, 6.45) is -0.160. The van der Waals surface area contributed by atoms with Gasteiger partial charge in [0, 0.05) is 18.7 Å². The van der Waals surface area contributed by atoms with Crippen molar-refractivity contribution in [1.29, 1.82) is 0 Å². The number of likely N-dealkylation sites (tertiary alicyclic amines) is 1. The van der Waals surface area contributed by atoms with Gasteiger partial charge in [-0.2, -0.15) is 18.3 Å². The molecule has 0 spiro atoms. The van der Waals surface area contributed by atoms with Gasteiger partial charge >= 0.3 is 6.18 Å². The molecule has 2 N–H and O–H groups in total. The van der Waals surface area contributed by atoms with E-state index in [1.165, 1.54) is 24.5 Å². The minimum Gasteiger partial charge on any atom is -0.457 e. The van der Waals surface area contributed by atoms with Gasteiger partial charge in [-0.25, -0.2) is 14.6 Å². The highest BCUT2D eigenvalue weighted by molar-refractivity contribution is 5.98. The van der Waals surface area contributed by atoms with Crippen LogP contribution in [0.5, 0.6) is 11.5 Å². The molecule has 0 bridgehead atoms. The Morgan fingerprint density at radius 3 is 2.65 bits per heavy atom. The van der Waals surface area contributed by atoms with Crippen molar-refractivity contribution < 1.29 is 22.7 Å². The monoisotopic (exact) mass is 508 g/mol. The number of nitrogen functional groups attached to an aromatic ring is 1. The number of aromatic nitrogens is 4. The fourth-order valence-corrected chi connectivity index (χ4v) is 4.49. The maximum Gasteiger partial charge on any atom is 0.416 e. The Labute approximate surface area is 210 Å². The van der Waals surface area contributed by atoms with E-state index >= 15 is 0 Å². The number of nitrogens with zero attached hydrogens (tertiary/aromatic N) is 5. The number of ether oxygens (including phenoxy) is 1. The van der Waals surface area contributed by atoms with E-state index in [0.717, 1.165) is 25.0 Å². The lowest BCUT2D eigenvalue weighted by atomic mass is 10.1. The fraction of sp³-hybridized carbons (Fsp3) is 0.231. The van der Waals surface area contributed by atoms with Gasteiger partial charge in [0.25, 0.3) is 0 Å². The summed E-state index contributed by atoms with van der Waals surface area (Å²) in [6, 6.07) is 11.4. The van der Waals surface area contributed by atoms with Crippen LogP contribution in [0.3, 0.4) is 0 Å². The first-order valence-corrected chi connectivity index (χ1v) is 11.6. The molecule has 11 heteroatoms. The lowest BCUT2D eigenvalue weighted by Crippen LogP contribution is -2.40. The van der Waals surface area contributed by atoms with Gasteiger partial charge in [-0.15, -0.1) is 0 Å². The van der Waals surface area contributed by atoms with Crippen LogP contribution in [0.2, 0.25) is 0 Å². The third-order valence-corrected chi connectivity index (χ3v) is 6.27. The van der Waals surface area contributed by atoms with E-state index in [1.54, 1.807) is 33.8 Å². The highest BCUT2D eigenvalue weighted by Gasteiger charge is 2.31. The van der Waals surface area contributed by atoms with Crippen LogP contribution in [0.1, 0.15) is 24.4 Å². The highest BCUT2D eigenvalue weighted by Crippen LogP contribution is 2.36. The molecule has 1 aliphatic heterocycles. The van der Waals surface area contributed by atoms with Crippen molar-refractivity contribution in [2.75, 3.05) is 18.8 Å². The van der Waals surface area contributed by atoms with E-state index in [4.69, 9.17) is 15.6 Å².